The van der Waals surface area contributed by atoms with Crippen molar-refractivity contribution in [2.45, 2.75) is 56.6 Å². The maximum absolute atomic E-state index is 13.5. The molecule has 190 valence electrons. The summed E-state index contributed by atoms with van der Waals surface area (Å²) in [4.78, 5) is 2.01. The normalized spacial score (nSPS) is 20.6. The van der Waals surface area contributed by atoms with E-state index in [9.17, 15) is 19.0 Å². The maximum atomic E-state index is 13.5. The van der Waals surface area contributed by atoms with Crippen molar-refractivity contribution in [1.29, 1.82) is 0 Å². The van der Waals surface area contributed by atoms with Crippen molar-refractivity contribution in [2.24, 2.45) is 0 Å². The molecule has 0 aliphatic carbocycles. The molecule has 0 spiro atoms. The first-order chi connectivity index (χ1) is 17.4. The fourth-order valence-electron chi connectivity index (χ4n) is 5.11. The highest BCUT2D eigenvalue weighted by Gasteiger charge is 2.32. The van der Waals surface area contributed by atoms with Crippen LogP contribution in [0.4, 0.5) is 8.78 Å². The van der Waals surface area contributed by atoms with Crippen LogP contribution in [0, 0.1) is 11.6 Å². The standard InChI is InChI=1S/C29H31F2NO4/c30-22-8-12-26-20(14-22)6-10-28(35-26)24(33)17-32(16-19-4-2-1-3-5-19)18-25(34)29-11-7-21-15-23(31)9-13-27(21)36-29/h1-5,8-9,12-15,24-25,28-29,33-34H,6-7,10-11,16-18H2/t24-,25+,28-,29+. The van der Waals surface area contributed by atoms with Crippen molar-refractivity contribution in [3.8, 4) is 11.5 Å². The molecule has 2 aliphatic rings. The van der Waals surface area contributed by atoms with Gasteiger partial charge in [0, 0.05) is 19.6 Å². The fourth-order valence-corrected chi connectivity index (χ4v) is 5.11. The van der Waals surface area contributed by atoms with Crippen LogP contribution in [0.3, 0.4) is 0 Å². The first-order valence-electron chi connectivity index (χ1n) is 12.5. The van der Waals surface area contributed by atoms with Crippen LogP contribution >= 0.6 is 0 Å². The lowest BCUT2D eigenvalue weighted by Crippen LogP contribution is -2.48. The first-order valence-corrected chi connectivity index (χ1v) is 12.5. The van der Waals surface area contributed by atoms with E-state index in [1.807, 2.05) is 35.2 Å². The molecule has 0 bridgehead atoms. The summed E-state index contributed by atoms with van der Waals surface area (Å²) in [5.41, 5.74) is 2.68. The molecular formula is C29H31F2NO4. The lowest BCUT2D eigenvalue weighted by molar-refractivity contribution is -0.0295. The fraction of sp³-hybridized carbons (Fsp3) is 0.379. The van der Waals surface area contributed by atoms with E-state index < -0.39 is 24.4 Å². The highest BCUT2D eigenvalue weighted by Crippen LogP contribution is 2.31. The Morgan fingerprint density at radius 3 is 1.75 bits per heavy atom. The van der Waals surface area contributed by atoms with E-state index in [0.29, 0.717) is 56.8 Å². The summed E-state index contributed by atoms with van der Waals surface area (Å²) in [6.45, 7) is 1.13. The Balaban J connectivity index is 1.26. The molecule has 0 fully saturated rings. The number of nitrogens with zero attached hydrogens (tertiary/aromatic N) is 1. The van der Waals surface area contributed by atoms with Crippen molar-refractivity contribution in [3.05, 3.63) is 95.1 Å². The van der Waals surface area contributed by atoms with Crippen molar-refractivity contribution in [2.75, 3.05) is 13.1 Å². The molecule has 0 saturated carbocycles. The Hall–Kier alpha value is -3.00. The second-order valence-electron chi connectivity index (χ2n) is 9.71. The quantitative estimate of drug-likeness (QED) is 0.489. The van der Waals surface area contributed by atoms with Gasteiger partial charge in [-0.05, 0) is 78.8 Å². The Morgan fingerprint density at radius 1 is 0.750 bits per heavy atom. The van der Waals surface area contributed by atoms with E-state index in [4.69, 9.17) is 9.47 Å². The minimum absolute atomic E-state index is 0.293. The van der Waals surface area contributed by atoms with Gasteiger partial charge in [0.05, 0.1) is 0 Å². The topological polar surface area (TPSA) is 62.2 Å². The van der Waals surface area contributed by atoms with Gasteiger partial charge in [0.2, 0.25) is 0 Å². The number of hydrogen-bond acceptors (Lipinski definition) is 5. The van der Waals surface area contributed by atoms with Crippen LogP contribution in [-0.4, -0.2) is 52.6 Å². The summed E-state index contributed by atoms with van der Waals surface area (Å²) in [6.07, 6.45) is -0.0167. The van der Waals surface area contributed by atoms with Gasteiger partial charge in [-0.25, -0.2) is 8.78 Å². The monoisotopic (exact) mass is 495 g/mol. The second-order valence-corrected chi connectivity index (χ2v) is 9.71. The summed E-state index contributed by atoms with van der Waals surface area (Å²) in [7, 11) is 0. The Kier molecular flexibility index (Phi) is 7.51. The third kappa shape index (κ3) is 5.86. The molecule has 0 amide bonds. The highest BCUT2D eigenvalue weighted by molar-refractivity contribution is 5.37. The van der Waals surface area contributed by atoms with Gasteiger partial charge in [0.25, 0.3) is 0 Å². The van der Waals surface area contributed by atoms with Gasteiger partial charge in [-0.2, -0.15) is 0 Å². The number of hydrogen-bond donors (Lipinski definition) is 2. The predicted molar refractivity (Wildman–Crippen MR) is 132 cm³/mol. The van der Waals surface area contributed by atoms with Crippen LogP contribution < -0.4 is 9.47 Å². The summed E-state index contributed by atoms with van der Waals surface area (Å²) in [5, 5.41) is 22.2. The van der Waals surface area contributed by atoms with Gasteiger partial charge >= 0.3 is 0 Å². The van der Waals surface area contributed by atoms with E-state index in [2.05, 4.69) is 0 Å². The number of benzene rings is 3. The van der Waals surface area contributed by atoms with Crippen molar-refractivity contribution < 1.29 is 28.5 Å². The van der Waals surface area contributed by atoms with Gasteiger partial charge < -0.3 is 19.7 Å². The molecule has 2 heterocycles. The molecule has 5 nitrogen and oxygen atoms in total. The average Bonchev–Trinajstić information content (AvgIpc) is 2.88. The molecule has 0 radical (unpaired) electrons. The van der Waals surface area contributed by atoms with Gasteiger partial charge in [0.15, 0.2) is 0 Å². The number of aliphatic hydroxyl groups is 2. The molecule has 4 atom stereocenters. The molecule has 36 heavy (non-hydrogen) atoms. The van der Waals surface area contributed by atoms with Crippen LogP contribution in [0.5, 0.6) is 11.5 Å². The molecule has 2 N–H and O–H groups in total. The third-order valence-corrected chi connectivity index (χ3v) is 7.00. The molecule has 0 unspecified atom stereocenters. The van der Waals surface area contributed by atoms with Crippen LogP contribution in [0.2, 0.25) is 0 Å². The number of rotatable bonds is 8. The summed E-state index contributed by atoms with van der Waals surface area (Å²) in [6, 6.07) is 18.8. The Morgan fingerprint density at radius 2 is 1.25 bits per heavy atom. The average molecular weight is 496 g/mol. The molecule has 0 saturated heterocycles. The molecule has 2 aliphatic heterocycles. The molecule has 3 aromatic carbocycles. The van der Waals surface area contributed by atoms with Gasteiger partial charge in [-0.15, -0.1) is 0 Å². The van der Waals surface area contributed by atoms with Crippen LogP contribution in [0.1, 0.15) is 29.5 Å². The molecule has 5 rings (SSSR count). The van der Waals surface area contributed by atoms with Gasteiger partial charge in [-0.1, -0.05) is 30.3 Å². The molecule has 3 aromatic rings. The highest BCUT2D eigenvalue weighted by atomic mass is 19.1. The first kappa shape index (κ1) is 24.7. The largest absolute Gasteiger partial charge is 0.487 e. The maximum Gasteiger partial charge on any atom is 0.126 e. The summed E-state index contributed by atoms with van der Waals surface area (Å²) < 4.78 is 39.1. The number of aryl methyl sites for hydroxylation is 2. The number of fused-ring (bicyclic) bond motifs is 2. The van der Waals surface area contributed by atoms with E-state index >= 15 is 0 Å². The van der Waals surface area contributed by atoms with Crippen LogP contribution in [0.25, 0.3) is 0 Å². The number of aliphatic hydroxyl groups excluding tert-OH is 2. The predicted octanol–water partition coefficient (Wildman–Crippen LogP) is 4.28. The zero-order valence-corrected chi connectivity index (χ0v) is 20.0. The van der Waals surface area contributed by atoms with Crippen LogP contribution in [0.15, 0.2) is 66.7 Å². The molecular weight excluding hydrogens is 464 g/mol. The summed E-state index contributed by atoms with van der Waals surface area (Å²) in [5.74, 6) is 0.619. The zero-order valence-electron chi connectivity index (χ0n) is 20.0. The minimum atomic E-state index is -0.796. The Bertz CT molecular complexity index is 1100. The lowest BCUT2D eigenvalue weighted by Gasteiger charge is -2.35. The van der Waals surface area contributed by atoms with E-state index in [1.54, 1.807) is 12.1 Å². The SMILES string of the molecule is O[C@H](CN(Cc1ccccc1)C[C@H](O)[C@@H]1CCc2cc(F)ccc2O1)[C@H]1CCc2cc(F)ccc2O1. The van der Waals surface area contributed by atoms with Crippen molar-refractivity contribution in [3.63, 3.8) is 0 Å². The lowest BCUT2D eigenvalue weighted by atomic mass is 9.97. The third-order valence-electron chi connectivity index (χ3n) is 7.00. The van der Waals surface area contributed by atoms with E-state index in [0.717, 1.165) is 16.7 Å². The molecule has 0 aromatic heterocycles. The zero-order chi connectivity index (χ0) is 25.1. The van der Waals surface area contributed by atoms with Gasteiger partial charge in [-0.3, -0.25) is 4.90 Å². The smallest absolute Gasteiger partial charge is 0.126 e. The van der Waals surface area contributed by atoms with E-state index in [-0.39, 0.29) is 11.6 Å². The summed E-state index contributed by atoms with van der Waals surface area (Å²) >= 11 is 0. The van der Waals surface area contributed by atoms with Crippen molar-refractivity contribution in [1.82, 2.24) is 4.90 Å². The number of halogens is 2. The second kappa shape index (κ2) is 10.9. The van der Waals surface area contributed by atoms with Crippen molar-refractivity contribution >= 4 is 0 Å². The molecule has 7 heteroatoms. The number of ether oxygens (including phenoxy) is 2. The Labute approximate surface area is 209 Å². The minimum Gasteiger partial charge on any atom is -0.487 e. The van der Waals surface area contributed by atoms with E-state index in [1.165, 1.54) is 24.3 Å². The van der Waals surface area contributed by atoms with Gasteiger partial charge in [0.1, 0.15) is 47.5 Å². The van der Waals surface area contributed by atoms with Crippen LogP contribution in [-0.2, 0) is 19.4 Å².